The predicted octanol–water partition coefficient (Wildman–Crippen LogP) is 2.11. The van der Waals surface area contributed by atoms with Crippen molar-refractivity contribution in [2.75, 3.05) is 25.1 Å². The summed E-state index contributed by atoms with van der Waals surface area (Å²) in [5, 5.41) is 0.213. The van der Waals surface area contributed by atoms with Crippen molar-refractivity contribution in [2.45, 2.75) is 26.4 Å². The van der Waals surface area contributed by atoms with Gasteiger partial charge >= 0.3 is 0 Å². The summed E-state index contributed by atoms with van der Waals surface area (Å²) in [4.78, 5) is 21.6. The third-order valence-electron chi connectivity index (χ3n) is 3.60. The molecular formula is C13H18ClN3O2. The summed E-state index contributed by atoms with van der Waals surface area (Å²) in [6.45, 7) is 5.49. The fraction of sp³-hybridized carbons (Fsp3) is 0.615. The Balaban J connectivity index is 2.34. The van der Waals surface area contributed by atoms with Gasteiger partial charge in [0.05, 0.1) is 11.7 Å². The number of aromatic nitrogens is 2. The summed E-state index contributed by atoms with van der Waals surface area (Å²) in [5.41, 5.74) is 0.358. The molecule has 1 aromatic rings. The van der Waals surface area contributed by atoms with Crippen LogP contribution in [-0.2, 0) is 4.74 Å². The number of nitrogens with zero attached hydrogens (tertiary/aromatic N) is 3. The zero-order valence-corrected chi connectivity index (χ0v) is 12.1. The molecule has 0 amide bonds. The Hall–Kier alpha value is -1.20. The summed E-state index contributed by atoms with van der Waals surface area (Å²) in [6.07, 6.45) is 1.86. The SMILES string of the molecule is COC1CN(c2nc(C)nc(Cl)c2C=O)CCC1C. The second-order valence-electron chi connectivity index (χ2n) is 4.90. The Labute approximate surface area is 117 Å². The molecule has 2 unspecified atom stereocenters. The lowest BCUT2D eigenvalue weighted by molar-refractivity contribution is 0.0496. The maximum atomic E-state index is 11.2. The fourth-order valence-corrected chi connectivity index (χ4v) is 2.66. The Kier molecular flexibility index (Phi) is 4.37. The highest BCUT2D eigenvalue weighted by Gasteiger charge is 2.28. The topological polar surface area (TPSA) is 55.3 Å². The third-order valence-corrected chi connectivity index (χ3v) is 3.89. The van der Waals surface area contributed by atoms with Crippen LogP contribution < -0.4 is 4.90 Å². The molecule has 6 heteroatoms. The molecule has 19 heavy (non-hydrogen) atoms. The zero-order chi connectivity index (χ0) is 14.0. The molecule has 0 bridgehead atoms. The molecular weight excluding hydrogens is 266 g/mol. The number of piperidine rings is 1. The van der Waals surface area contributed by atoms with E-state index in [2.05, 4.69) is 21.8 Å². The van der Waals surface area contributed by atoms with E-state index in [-0.39, 0.29) is 11.3 Å². The van der Waals surface area contributed by atoms with Crippen LogP contribution in [-0.4, -0.2) is 42.6 Å². The standard InChI is InChI=1S/C13H18ClN3O2/c1-8-4-5-17(6-11(8)19-3)13-10(7-18)12(14)15-9(2)16-13/h7-8,11H,4-6H2,1-3H3. The molecule has 0 spiro atoms. The first-order chi connectivity index (χ1) is 9.06. The molecule has 2 atom stereocenters. The Morgan fingerprint density at radius 1 is 1.47 bits per heavy atom. The minimum atomic E-state index is 0.141. The average molecular weight is 284 g/mol. The van der Waals surface area contributed by atoms with Gasteiger partial charge in [-0.25, -0.2) is 9.97 Å². The molecule has 0 saturated carbocycles. The molecule has 0 N–H and O–H groups in total. The summed E-state index contributed by atoms with van der Waals surface area (Å²) < 4.78 is 5.48. The lowest BCUT2D eigenvalue weighted by atomic mass is 9.95. The van der Waals surface area contributed by atoms with Gasteiger partial charge in [0.25, 0.3) is 0 Å². The van der Waals surface area contributed by atoms with E-state index >= 15 is 0 Å². The normalized spacial score (nSPS) is 23.5. The lowest BCUT2D eigenvalue weighted by Gasteiger charge is -2.37. The highest BCUT2D eigenvalue weighted by molar-refractivity contribution is 6.32. The summed E-state index contributed by atoms with van der Waals surface area (Å²) in [6, 6.07) is 0. The maximum absolute atomic E-state index is 11.2. The lowest BCUT2D eigenvalue weighted by Crippen LogP contribution is -2.44. The number of hydrogen-bond acceptors (Lipinski definition) is 5. The van der Waals surface area contributed by atoms with Gasteiger partial charge in [-0.15, -0.1) is 0 Å². The van der Waals surface area contributed by atoms with Crippen molar-refractivity contribution in [3.63, 3.8) is 0 Å². The molecule has 1 aliphatic rings. The van der Waals surface area contributed by atoms with Crippen LogP contribution in [0.3, 0.4) is 0 Å². The van der Waals surface area contributed by atoms with Crippen LogP contribution in [0.15, 0.2) is 0 Å². The molecule has 0 aliphatic carbocycles. The quantitative estimate of drug-likeness (QED) is 0.628. The minimum Gasteiger partial charge on any atom is -0.379 e. The van der Waals surface area contributed by atoms with Gasteiger partial charge in [0.1, 0.15) is 16.8 Å². The second-order valence-corrected chi connectivity index (χ2v) is 5.26. The average Bonchev–Trinajstić information content (AvgIpc) is 2.38. The summed E-state index contributed by atoms with van der Waals surface area (Å²) >= 11 is 6.01. The van der Waals surface area contributed by atoms with Crippen molar-refractivity contribution in [1.29, 1.82) is 0 Å². The van der Waals surface area contributed by atoms with E-state index in [4.69, 9.17) is 16.3 Å². The number of carbonyl (C=O) groups is 1. The first-order valence-electron chi connectivity index (χ1n) is 6.33. The van der Waals surface area contributed by atoms with Crippen LogP contribution in [0, 0.1) is 12.8 Å². The number of ether oxygens (including phenoxy) is 1. The van der Waals surface area contributed by atoms with Gasteiger partial charge in [-0.1, -0.05) is 18.5 Å². The van der Waals surface area contributed by atoms with Crippen molar-refractivity contribution < 1.29 is 9.53 Å². The van der Waals surface area contributed by atoms with E-state index in [1.54, 1.807) is 14.0 Å². The van der Waals surface area contributed by atoms with Gasteiger partial charge in [-0.05, 0) is 19.3 Å². The molecule has 0 aromatic carbocycles. The molecule has 1 aliphatic heterocycles. The van der Waals surface area contributed by atoms with Crippen molar-refractivity contribution in [3.05, 3.63) is 16.5 Å². The Bertz CT molecular complexity index is 481. The molecule has 2 rings (SSSR count). The van der Waals surface area contributed by atoms with Crippen LogP contribution in [0.2, 0.25) is 5.15 Å². The predicted molar refractivity (Wildman–Crippen MR) is 74.0 cm³/mol. The molecule has 1 fully saturated rings. The second kappa shape index (κ2) is 5.84. The maximum Gasteiger partial charge on any atom is 0.156 e. The fourth-order valence-electron chi connectivity index (χ4n) is 2.41. The number of rotatable bonds is 3. The first kappa shape index (κ1) is 14.2. The molecule has 0 radical (unpaired) electrons. The molecule has 104 valence electrons. The van der Waals surface area contributed by atoms with E-state index in [0.717, 1.165) is 19.3 Å². The van der Waals surface area contributed by atoms with E-state index in [1.165, 1.54) is 0 Å². The monoisotopic (exact) mass is 283 g/mol. The highest BCUT2D eigenvalue weighted by Crippen LogP contribution is 2.28. The third kappa shape index (κ3) is 2.87. The van der Waals surface area contributed by atoms with Crippen molar-refractivity contribution >= 4 is 23.7 Å². The number of aryl methyl sites for hydroxylation is 1. The van der Waals surface area contributed by atoms with Crippen LogP contribution in [0.1, 0.15) is 29.5 Å². The largest absolute Gasteiger partial charge is 0.379 e. The van der Waals surface area contributed by atoms with Gasteiger partial charge < -0.3 is 9.64 Å². The Morgan fingerprint density at radius 2 is 2.21 bits per heavy atom. The number of anilines is 1. The number of hydrogen-bond donors (Lipinski definition) is 0. The van der Waals surface area contributed by atoms with E-state index in [9.17, 15) is 4.79 Å². The van der Waals surface area contributed by atoms with E-state index in [1.807, 2.05) is 0 Å². The molecule has 1 aromatic heterocycles. The van der Waals surface area contributed by atoms with Crippen molar-refractivity contribution in [2.24, 2.45) is 5.92 Å². The number of halogens is 1. The molecule has 1 saturated heterocycles. The van der Waals surface area contributed by atoms with E-state index < -0.39 is 0 Å². The number of aldehydes is 1. The molecule has 2 heterocycles. The highest BCUT2D eigenvalue weighted by atomic mass is 35.5. The first-order valence-corrected chi connectivity index (χ1v) is 6.71. The van der Waals surface area contributed by atoms with E-state index in [0.29, 0.717) is 29.7 Å². The number of methoxy groups -OCH3 is 1. The van der Waals surface area contributed by atoms with Gasteiger partial charge in [-0.2, -0.15) is 0 Å². The van der Waals surface area contributed by atoms with Crippen molar-refractivity contribution in [1.82, 2.24) is 9.97 Å². The van der Waals surface area contributed by atoms with Crippen LogP contribution >= 0.6 is 11.6 Å². The summed E-state index contributed by atoms with van der Waals surface area (Å²) in [5.74, 6) is 1.68. The Morgan fingerprint density at radius 3 is 2.84 bits per heavy atom. The minimum absolute atomic E-state index is 0.141. The molecule has 5 nitrogen and oxygen atoms in total. The summed E-state index contributed by atoms with van der Waals surface area (Å²) in [7, 11) is 1.71. The van der Waals surface area contributed by atoms with Gasteiger partial charge in [-0.3, -0.25) is 4.79 Å². The van der Waals surface area contributed by atoms with Crippen molar-refractivity contribution in [3.8, 4) is 0 Å². The van der Waals surface area contributed by atoms with Gasteiger partial charge in [0.2, 0.25) is 0 Å². The van der Waals surface area contributed by atoms with Crippen LogP contribution in [0.5, 0.6) is 0 Å². The van der Waals surface area contributed by atoms with Crippen LogP contribution in [0.4, 0.5) is 5.82 Å². The number of carbonyl (C=O) groups excluding carboxylic acids is 1. The zero-order valence-electron chi connectivity index (χ0n) is 11.4. The smallest absolute Gasteiger partial charge is 0.156 e. The van der Waals surface area contributed by atoms with Gasteiger partial charge in [0.15, 0.2) is 6.29 Å². The van der Waals surface area contributed by atoms with Gasteiger partial charge in [0, 0.05) is 20.2 Å². The van der Waals surface area contributed by atoms with Crippen LogP contribution in [0.25, 0.3) is 0 Å².